The maximum atomic E-state index is 12.9. The number of aromatic nitrogens is 2. The van der Waals surface area contributed by atoms with Gasteiger partial charge >= 0.3 is 5.97 Å². The van der Waals surface area contributed by atoms with E-state index < -0.39 is 5.97 Å². The molecule has 3 heterocycles. The largest absolute Gasteiger partial charge is 0.477 e. The number of piperidine rings is 1. The summed E-state index contributed by atoms with van der Waals surface area (Å²) in [7, 11) is 0. The average Bonchev–Trinajstić information content (AvgIpc) is 3.10. The number of hydrogen-bond donors (Lipinski definition) is 3. The van der Waals surface area contributed by atoms with Gasteiger partial charge < -0.3 is 25.0 Å². The van der Waals surface area contributed by atoms with Gasteiger partial charge in [-0.2, -0.15) is 0 Å². The normalized spacial score (nSPS) is 18.3. The zero-order valence-electron chi connectivity index (χ0n) is 18.9. The topological polar surface area (TPSA) is 108 Å². The van der Waals surface area contributed by atoms with E-state index in [0.29, 0.717) is 42.4 Å². The van der Waals surface area contributed by atoms with Gasteiger partial charge in [-0.05, 0) is 31.9 Å². The van der Waals surface area contributed by atoms with Crippen LogP contribution in [0.3, 0.4) is 0 Å². The fourth-order valence-electron chi connectivity index (χ4n) is 4.24. The number of aromatic amines is 1. The zero-order valence-corrected chi connectivity index (χ0v) is 20.4. The number of fused-ring (bicyclic) bond motifs is 1. The molecule has 2 atom stereocenters. The molecule has 1 aromatic carbocycles. The highest BCUT2D eigenvalue weighted by molar-refractivity contribution is 6.44. The molecule has 1 aliphatic heterocycles. The first kappa shape index (κ1) is 24.3. The molecule has 0 radical (unpaired) electrons. The number of aryl methyl sites for hydroxylation is 1. The number of aromatic carboxylic acids is 1. The molecule has 34 heavy (non-hydrogen) atoms. The van der Waals surface area contributed by atoms with Gasteiger partial charge in [0.15, 0.2) is 5.69 Å². The summed E-state index contributed by atoms with van der Waals surface area (Å²) in [4.78, 5) is 33.9. The zero-order chi connectivity index (χ0) is 24.4. The molecule has 3 N–H and O–H groups in total. The third-order valence-electron chi connectivity index (χ3n) is 5.95. The first-order valence-corrected chi connectivity index (χ1v) is 11.9. The number of rotatable bonds is 7. The van der Waals surface area contributed by atoms with Crippen LogP contribution in [0.5, 0.6) is 0 Å². The molecule has 1 fully saturated rings. The van der Waals surface area contributed by atoms with Gasteiger partial charge in [0.25, 0.3) is 5.91 Å². The third kappa shape index (κ3) is 4.85. The molecule has 0 bridgehead atoms. The molecule has 4 rings (SSSR count). The van der Waals surface area contributed by atoms with Crippen molar-refractivity contribution in [3.05, 3.63) is 57.5 Å². The molecule has 8 nitrogen and oxygen atoms in total. The van der Waals surface area contributed by atoms with E-state index in [9.17, 15) is 14.7 Å². The van der Waals surface area contributed by atoms with E-state index in [2.05, 4.69) is 20.2 Å². The highest BCUT2D eigenvalue weighted by Crippen LogP contribution is 2.31. The minimum absolute atomic E-state index is 0.0104. The van der Waals surface area contributed by atoms with Gasteiger partial charge in [-0.15, -0.1) is 0 Å². The van der Waals surface area contributed by atoms with E-state index in [1.807, 2.05) is 25.1 Å². The van der Waals surface area contributed by atoms with E-state index in [4.69, 9.17) is 27.9 Å². The van der Waals surface area contributed by atoms with E-state index in [0.717, 1.165) is 17.5 Å². The number of hydrogen-bond acceptors (Lipinski definition) is 5. The van der Waals surface area contributed by atoms with E-state index in [1.54, 1.807) is 19.1 Å². The van der Waals surface area contributed by atoms with E-state index in [1.165, 1.54) is 0 Å². The van der Waals surface area contributed by atoms with Crippen LogP contribution >= 0.6 is 23.2 Å². The number of carbonyl (C=O) groups excluding carboxylic acids is 1. The molecule has 0 spiro atoms. The summed E-state index contributed by atoms with van der Waals surface area (Å²) in [6.07, 6.45) is 1.13. The molecule has 2 aromatic heterocycles. The lowest BCUT2D eigenvalue weighted by Gasteiger charge is -2.40. The molecule has 2 unspecified atom stereocenters. The van der Waals surface area contributed by atoms with E-state index >= 15 is 0 Å². The van der Waals surface area contributed by atoms with Crippen LogP contribution in [0.1, 0.15) is 46.4 Å². The van der Waals surface area contributed by atoms with Gasteiger partial charge in [0.05, 0.1) is 27.7 Å². The number of carbonyl (C=O) groups is 2. The maximum absolute atomic E-state index is 12.9. The Kier molecular flexibility index (Phi) is 7.30. The quantitative estimate of drug-likeness (QED) is 0.431. The van der Waals surface area contributed by atoms with Crippen molar-refractivity contribution in [3.8, 4) is 0 Å². The first-order chi connectivity index (χ1) is 16.3. The molecule has 180 valence electrons. The van der Waals surface area contributed by atoms with Crippen molar-refractivity contribution in [1.29, 1.82) is 0 Å². The minimum atomic E-state index is -1.08. The Hall–Kier alpha value is -2.81. The third-order valence-corrected chi connectivity index (χ3v) is 6.89. The van der Waals surface area contributed by atoms with Crippen molar-refractivity contribution < 1.29 is 19.4 Å². The van der Waals surface area contributed by atoms with Crippen molar-refractivity contribution in [2.45, 2.75) is 38.8 Å². The fraction of sp³-hybridized carbons (Fsp3) is 0.375. The minimum Gasteiger partial charge on any atom is -0.477 e. The maximum Gasteiger partial charge on any atom is 0.354 e. The second-order valence-corrected chi connectivity index (χ2v) is 9.08. The van der Waals surface area contributed by atoms with Crippen LogP contribution in [0.15, 0.2) is 30.3 Å². The van der Waals surface area contributed by atoms with Gasteiger partial charge in [0, 0.05) is 36.5 Å². The molecular formula is C24H26Cl2N4O4. The number of halogens is 2. The van der Waals surface area contributed by atoms with Crippen molar-refractivity contribution in [2.24, 2.45) is 0 Å². The Morgan fingerprint density at radius 1 is 1.29 bits per heavy atom. The van der Waals surface area contributed by atoms with Gasteiger partial charge in [-0.3, -0.25) is 4.79 Å². The number of carboxylic acids is 1. The second-order valence-electron chi connectivity index (χ2n) is 8.33. The standard InChI is InChI=1S/C24H26Cl2N4O4/c1-3-10-34-19-12-30(18-11-17(24(32)33)28-15-7-5-4-6-14(15)18)9-8-16(19)29-23(31)22-21(26)20(25)13(2)27-22/h4-7,11,16,19,27H,3,8-10,12H2,1-2H3,(H,29,31)(H,32,33). The number of carboxylic acid groups (broad SMARTS) is 1. The number of pyridine rings is 1. The van der Waals surface area contributed by atoms with Crippen LogP contribution in [0, 0.1) is 6.92 Å². The Balaban J connectivity index is 1.60. The molecular weight excluding hydrogens is 479 g/mol. The van der Waals surface area contributed by atoms with Crippen LogP contribution < -0.4 is 10.2 Å². The van der Waals surface area contributed by atoms with Gasteiger partial charge in [-0.25, -0.2) is 9.78 Å². The summed E-state index contributed by atoms with van der Waals surface area (Å²) in [5.41, 5.74) is 2.25. The predicted octanol–water partition coefficient (Wildman–Crippen LogP) is 4.68. The smallest absolute Gasteiger partial charge is 0.354 e. The number of anilines is 1. The number of ether oxygens (including phenoxy) is 1. The predicted molar refractivity (Wildman–Crippen MR) is 132 cm³/mol. The van der Waals surface area contributed by atoms with Crippen LogP contribution in [-0.4, -0.2) is 58.8 Å². The Bertz CT molecular complexity index is 1230. The fourth-order valence-corrected chi connectivity index (χ4v) is 4.65. The van der Waals surface area contributed by atoms with Gasteiger partial charge in [0.2, 0.25) is 0 Å². The van der Waals surface area contributed by atoms with Crippen LogP contribution in [0.4, 0.5) is 5.69 Å². The molecule has 1 saturated heterocycles. The van der Waals surface area contributed by atoms with Crippen molar-refractivity contribution in [3.63, 3.8) is 0 Å². The molecule has 1 aliphatic rings. The highest BCUT2D eigenvalue weighted by Gasteiger charge is 2.33. The lowest BCUT2D eigenvalue weighted by atomic mass is 9.99. The Morgan fingerprint density at radius 3 is 2.74 bits per heavy atom. The number of H-pyrrole nitrogens is 1. The van der Waals surface area contributed by atoms with Gasteiger partial charge in [0.1, 0.15) is 5.69 Å². The molecule has 0 saturated carbocycles. The van der Waals surface area contributed by atoms with Crippen molar-refractivity contribution in [2.75, 3.05) is 24.6 Å². The summed E-state index contributed by atoms with van der Waals surface area (Å²) in [5, 5.41) is 14.0. The summed E-state index contributed by atoms with van der Waals surface area (Å²) in [6.45, 7) is 5.39. The second kappa shape index (κ2) is 10.2. The average molecular weight is 505 g/mol. The van der Waals surface area contributed by atoms with E-state index in [-0.39, 0.29) is 34.5 Å². The number of para-hydroxylation sites is 1. The first-order valence-electron chi connectivity index (χ1n) is 11.1. The summed E-state index contributed by atoms with van der Waals surface area (Å²) in [6, 6.07) is 8.82. The lowest BCUT2D eigenvalue weighted by Crippen LogP contribution is -2.55. The van der Waals surface area contributed by atoms with Crippen LogP contribution in [-0.2, 0) is 4.74 Å². The number of nitrogens with zero attached hydrogens (tertiary/aromatic N) is 2. The van der Waals surface area contributed by atoms with Gasteiger partial charge in [-0.1, -0.05) is 48.3 Å². The molecule has 10 heteroatoms. The highest BCUT2D eigenvalue weighted by atomic mass is 35.5. The summed E-state index contributed by atoms with van der Waals surface area (Å²) < 4.78 is 6.12. The number of amides is 1. The molecule has 1 amide bonds. The monoisotopic (exact) mass is 504 g/mol. The SMILES string of the molecule is CCCOC1CN(c2cc(C(=O)O)nc3ccccc23)CCC1NC(=O)c1[nH]c(C)c(Cl)c1Cl. The number of benzene rings is 1. The molecule has 3 aromatic rings. The Morgan fingerprint density at radius 2 is 2.06 bits per heavy atom. The Labute approximate surface area is 207 Å². The lowest BCUT2D eigenvalue weighted by molar-refractivity contribution is 0.0205. The summed E-state index contributed by atoms with van der Waals surface area (Å²) in [5.74, 6) is -1.42. The van der Waals surface area contributed by atoms with Crippen molar-refractivity contribution in [1.82, 2.24) is 15.3 Å². The number of nitrogens with one attached hydrogen (secondary N) is 2. The summed E-state index contributed by atoms with van der Waals surface area (Å²) >= 11 is 12.4. The van der Waals surface area contributed by atoms with Crippen molar-refractivity contribution >= 4 is 51.7 Å². The van der Waals surface area contributed by atoms with Crippen LogP contribution in [0.25, 0.3) is 10.9 Å². The molecule has 0 aliphatic carbocycles. The van der Waals surface area contributed by atoms with Crippen LogP contribution in [0.2, 0.25) is 10.0 Å².